The zero-order chi connectivity index (χ0) is 27.3. The SMILES string of the molecule is COc1ccc(N2C(=O)C[C@@H](Sc3nc4sc5c(c4c(=O)n3-c3cccc(C)c3)CCCC5)C2=O)cc1OC. The molecule has 10 heteroatoms. The van der Waals surface area contributed by atoms with Crippen LogP contribution in [0.1, 0.15) is 35.3 Å². The zero-order valence-electron chi connectivity index (χ0n) is 21.9. The molecule has 0 spiro atoms. The number of fused-ring (bicyclic) bond motifs is 3. The highest BCUT2D eigenvalue weighted by Gasteiger charge is 2.41. The van der Waals surface area contributed by atoms with E-state index in [0.717, 1.165) is 36.8 Å². The van der Waals surface area contributed by atoms with Crippen LogP contribution in [0.4, 0.5) is 5.69 Å². The molecule has 2 amide bonds. The molecule has 39 heavy (non-hydrogen) atoms. The van der Waals surface area contributed by atoms with E-state index in [2.05, 4.69) is 0 Å². The summed E-state index contributed by atoms with van der Waals surface area (Å²) in [5.41, 5.74) is 3.11. The Morgan fingerprint density at radius 3 is 2.54 bits per heavy atom. The molecule has 4 aromatic rings. The van der Waals surface area contributed by atoms with Crippen LogP contribution in [0.5, 0.6) is 11.5 Å². The van der Waals surface area contributed by atoms with Gasteiger partial charge in [0.05, 0.1) is 31.0 Å². The first kappa shape index (κ1) is 25.6. The molecule has 2 aliphatic rings. The van der Waals surface area contributed by atoms with Crippen molar-refractivity contribution < 1.29 is 19.1 Å². The molecule has 1 aliphatic carbocycles. The molecule has 0 saturated carbocycles. The van der Waals surface area contributed by atoms with E-state index in [4.69, 9.17) is 14.5 Å². The predicted octanol–water partition coefficient (Wildman–Crippen LogP) is 5.08. The van der Waals surface area contributed by atoms with Gasteiger partial charge in [0.15, 0.2) is 16.7 Å². The molecule has 1 saturated heterocycles. The number of thioether (sulfide) groups is 1. The number of aryl methyl sites for hydroxylation is 3. The number of hydrogen-bond acceptors (Lipinski definition) is 8. The van der Waals surface area contributed by atoms with E-state index in [0.29, 0.717) is 38.2 Å². The van der Waals surface area contributed by atoms with Crippen LogP contribution in [-0.4, -0.2) is 40.8 Å². The maximum Gasteiger partial charge on any atom is 0.267 e. The Labute approximate surface area is 233 Å². The summed E-state index contributed by atoms with van der Waals surface area (Å²) in [6.07, 6.45) is 4.00. The number of hydrogen-bond donors (Lipinski definition) is 0. The lowest BCUT2D eigenvalue weighted by Gasteiger charge is -2.18. The van der Waals surface area contributed by atoms with Gasteiger partial charge in [0.1, 0.15) is 10.1 Å². The van der Waals surface area contributed by atoms with E-state index in [9.17, 15) is 14.4 Å². The van der Waals surface area contributed by atoms with Gasteiger partial charge in [-0.1, -0.05) is 23.9 Å². The Morgan fingerprint density at radius 1 is 0.974 bits per heavy atom. The summed E-state index contributed by atoms with van der Waals surface area (Å²) >= 11 is 2.75. The fraction of sp³-hybridized carbons (Fsp3) is 0.310. The highest BCUT2D eigenvalue weighted by atomic mass is 32.2. The second kappa shape index (κ2) is 10.2. The quantitative estimate of drug-likeness (QED) is 0.240. The van der Waals surface area contributed by atoms with Crippen molar-refractivity contribution in [2.45, 2.75) is 49.4 Å². The van der Waals surface area contributed by atoms with E-state index in [-0.39, 0.29) is 23.8 Å². The van der Waals surface area contributed by atoms with Gasteiger partial charge in [-0.3, -0.25) is 19.0 Å². The fourth-order valence-corrected chi connectivity index (χ4v) is 7.75. The largest absolute Gasteiger partial charge is 0.493 e. The maximum absolute atomic E-state index is 14.1. The van der Waals surface area contributed by atoms with Crippen LogP contribution in [0.2, 0.25) is 0 Å². The smallest absolute Gasteiger partial charge is 0.267 e. The highest BCUT2D eigenvalue weighted by molar-refractivity contribution is 8.00. The van der Waals surface area contributed by atoms with E-state index in [1.165, 1.54) is 35.8 Å². The van der Waals surface area contributed by atoms with Crippen LogP contribution in [0.3, 0.4) is 0 Å². The molecule has 0 bridgehead atoms. The molecular weight excluding hydrogens is 534 g/mol. The third-order valence-corrected chi connectivity index (χ3v) is 9.52. The normalized spacial score (nSPS) is 17.1. The third-order valence-electron chi connectivity index (χ3n) is 7.20. The van der Waals surface area contributed by atoms with Crippen molar-refractivity contribution in [1.82, 2.24) is 9.55 Å². The molecule has 1 aliphatic heterocycles. The van der Waals surface area contributed by atoms with Crippen LogP contribution in [0, 0.1) is 6.92 Å². The van der Waals surface area contributed by atoms with Gasteiger partial charge in [0.2, 0.25) is 11.8 Å². The second-order valence-electron chi connectivity index (χ2n) is 9.68. The first-order valence-electron chi connectivity index (χ1n) is 12.8. The Morgan fingerprint density at radius 2 is 1.77 bits per heavy atom. The lowest BCUT2D eigenvalue weighted by atomic mass is 9.97. The van der Waals surface area contributed by atoms with Crippen molar-refractivity contribution in [2.24, 2.45) is 0 Å². The minimum atomic E-state index is -0.722. The summed E-state index contributed by atoms with van der Waals surface area (Å²) in [5.74, 6) is 0.257. The van der Waals surface area contributed by atoms with Crippen LogP contribution >= 0.6 is 23.1 Å². The van der Waals surface area contributed by atoms with Gasteiger partial charge >= 0.3 is 0 Å². The summed E-state index contributed by atoms with van der Waals surface area (Å²) in [7, 11) is 3.03. The molecule has 6 rings (SSSR count). The predicted molar refractivity (Wildman–Crippen MR) is 153 cm³/mol. The molecule has 200 valence electrons. The molecule has 0 N–H and O–H groups in total. The van der Waals surface area contributed by atoms with Crippen LogP contribution in [0.15, 0.2) is 52.4 Å². The van der Waals surface area contributed by atoms with Crippen molar-refractivity contribution in [2.75, 3.05) is 19.1 Å². The summed E-state index contributed by atoms with van der Waals surface area (Å²) in [4.78, 5) is 48.8. The van der Waals surface area contributed by atoms with Crippen LogP contribution in [-0.2, 0) is 22.4 Å². The van der Waals surface area contributed by atoms with Crippen molar-refractivity contribution in [3.63, 3.8) is 0 Å². The lowest BCUT2D eigenvalue weighted by molar-refractivity contribution is -0.121. The van der Waals surface area contributed by atoms with Crippen molar-refractivity contribution in [3.8, 4) is 17.2 Å². The van der Waals surface area contributed by atoms with Gasteiger partial charge in [-0.05, 0) is 68.0 Å². The number of rotatable bonds is 6. The molecule has 0 radical (unpaired) electrons. The number of thiophene rings is 1. The maximum atomic E-state index is 14.1. The van der Waals surface area contributed by atoms with Gasteiger partial charge in [-0.2, -0.15) is 0 Å². The van der Waals surface area contributed by atoms with Gasteiger partial charge in [-0.15, -0.1) is 11.3 Å². The zero-order valence-corrected chi connectivity index (χ0v) is 23.5. The monoisotopic (exact) mass is 561 g/mol. The van der Waals surface area contributed by atoms with Crippen LogP contribution in [0.25, 0.3) is 15.9 Å². The van der Waals surface area contributed by atoms with Gasteiger partial charge in [-0.25, -0.2) is 9.88 Å². The molecule has 3 heterocycles. The summed E-state index contributed by atoms with van der Waals surface area (Å²) in [6, 6.07) is 12.6. The highest BCUT2D eigenvalue weighted by Crippen LogP contribution is 2.39. The topological polar surface area (TPSA) is 90.7 Å². The Hall–Kier alpha value is -3.63. The Bertz CT molecular complexity index is 1690. The van der Waals surface area contributed by atoms with Crippen molar-refractivity contribution >= 4 is 50.8 Å². The first-order chi connectivity index (χ1) is 18.9. The summed E-state index contributed by atoms with van der Waals surface area (Å²) < 4.78 is 12.3. The van der Waals surface area contributed by atoms with E-state index >= 15 is 0 Å². The average Bonchev–Trinajstić information content (AvgIpc) is 3.44. The number of aromatic nitrogens is 2. The second-order valence-corrected chi connectivity index (χ2v) is 11.9. The van der Waals surface area contributed by atoms with Crippen molar-refractivity contribution in [1.29, 1.82) is 0 Å². The minimum absolute atomic E-state index is 0.000506. The van der Waals surface area contributed by atoms with E-state index in [1.54, 1.807) is 34.1 Å². The molecule has 1 atom stereocenters. The molecule has 2 aromatic carbocycles. The number of carbonyl (C=O) groups is 2. The first-order valence-corrected chi connectivity index (χ1v) is 14.5. The number of methoxy groups -OCH3 is 2. The third kappa shape index (κ3) is 4.41. The number of ether oxygens (including phenoxy) is 2. The minimum Gasteiger partial charge on any atom is -0.493 e. The van der Waals surface area contributed by atoms with E-state index < -0.39 is 5.25 Å². The molecule has 0 unspecified atom stereocenters. The van der Waals surface area contributed by atoms with Crippen molar-refractivity contribution in [3.05, 3.63) is 68.8 Å². The average molecular weight is 562 g/mol. The molecule has 1 fully saturated rings. The summed E-state index contributed by atoms with van der Waals surface area (Å²) in [5, 5.41) is 0.374. The number of amides is 2. The lowest BCUT2D eigenvalue weighted by Crippen LogP contribution is -2.31. The number of benzene rings is 2. The van der Waals surface area contributed by atoms with Crippen LogP contribution < -0.4 is 19.9 Å². The van der Waals surface area contributed by atoms with Gasteiger partial charge < -0.3 is 9.47 Å². The number of anilines is 1. The van der Waals surface area contributed by atoms with E-state index in [1.807, 2.05) is 31.2 Å². The number of imide groups is 1. The number of carbonyl (C=O) groups excluding carboxylic acids is 2. The molecular formula is C29H27N3O5S2. The number of nitrogens with zero attached hydrogens (tertiary/aromatic N) is 3. The molecule has 8 nitrogen and oxygen atoms in total. The summed E-state index contributed by atoms with van der Waals surface area (Å²) in [6.45, 7) is 1.97. The van der Waals surface area contributed by atoms with Gasteiger partial charge in [0, 0.05) is 17.4 Å². The Balaban J connectivity index is 1.42. The fourth-order valence-electron chi connectivity index (χ4n) is 5.32. The Kier molecular flexibility index (Phi) is 6.68. The standard InChI is InChI=1S/C29H27N3O5S2/c1-16-7-6-8-17(13-16)32-28(35)25-19-9-4-5-10-22(19)38-26(25)30-29(32)39-23-15-24(33)31(27(23)34)18-11-12-20(36-2)21(14-18)37-3/h6-8,11-14,23H,4-5,9-10,15H2,1-3H3/t23-/m1/s1. The molecule has 2 aromatic heterocycles. The van der Waals surface area contributed by atoms with Gasteiger partial charge in [0.25, 0.3) is 5.56 Å².